The number of benzene rings is 2. The van der Waals surface area contributed by atoms with Gasteiger partial charge >= 0.3 is 0 Å². The molecular formula is C36H60N2O2. The van der Waals surface area contributed by atoms with Gasteiger partial charge in [-0.3, -0.25) is 0 Å². The number of aliphatic hydroxyl groups excluding tert-OH is 2. The zero-order valence-electron chi connectivity index (χ0n) is 26.5. The van der Waals surface area contributed by atoms with Gasteiger partial charge in [0.2, 0.25) is 0 Å². The van der Waals surface area contributed by atoms with E-state index in [4.69, 9.17) is 11.5 Å². The molecule has 6 N–H and O–H groups in total. The third-order valence-electron chi connectivity index (χ3n) is 9.30. The van der Waals surface area contributed by atoms with E-state index in [2.05, 4.69) is 65.8 Å². The fourth-order valence-corrected chi connectivity index (χ4v) is 6.51. The van der Waals surface area contributed by atoms with Gasteiger partial charge in [-0.05, 0) is 60.3 Å². The predicted octanol–water partition coefficient (Wildman–Crippen LogP) is 9.70. The summed E-state index contributed by atoms with van der Waals surface area (Å²) in [5, 5.41) is 23.0. The molecule has 0 saturated heterocycles. The number of aliphatic hydroxyl groups is 2. The van der Waals surface area contributed by atoms with Crippen molar-refractivity contribution in [1.82, 2.24) is 0 Å². The number of nitrogens with two attached hydrogens (primary N) is 2. The zero-order chi connectivity index (χ0) is 29.7. The van der Waals surface area contributed by atoms with Crippen LogP contribution in [0.3, 0.4) is 0 Å². The molecule has 5 unspecified atom stereocenters. The first kappa shape index (κ1) is 34.2. The van der Waals surface area contributed by atoms with Gasteiger partial charge in [0.25, 0.3) is 0 Å². The van der Waals surface area contributed by atoms with E-state index < -0.39 is 12.2 Å². The summed E-state index contributed by atoms with van der Waals surface area (Å²) in [4.78, 5) is 0. The fourth-order valence-electron chi connectivity index (χ4n) is 6.51. The van der Waals surface area contributed by atoms with Gasteiger partial charge in [0.05, 0.1) is 12.2 Å². The summed E-state index contributed by atoms with van der Waals surface area (Å²) in [6.45, 7) is 13.3. The molecule has 0 aromatic heterocycles. The average Bonchev–Trinajstić information content (AvgIpc) is 2.96. The lowest BCUT2D eigenvalue weighted by molar-refractivity contribution is 0.0994. The predicted molar refractivity (Wildman–Crippen MR) is 173 cm³/mol. The third-order valence-corrected chi connectivity index (χ3v) is 9.30. The molecule has 0 bridgehead atoms. The first-order valence-electron chi connectivity index (χ1n) is 16.4. The zero-order valence-corrected chi connectivity index (χ0v) is 26.5. The Morgan fingerprint density at radius 2 is 0.900 bits per heavy atom. The normalized spacial score (nSPS) is 16.3. The maximum Gasteiger partial charge on any atom is 0.0838 e. The van der Waals surface area contributed by atoms with Crippen LogP contribution in [0.2, 0.25) is 0 Å². The molecule has 2 rings (SSSR count). The smallest absolute Gasteiger partial charge is 0.0838 e. The molecule has 0 radical (unpaired) electrons. The number of nitrogen functional groups attached to an aromatic ring is 2. The average molecular weight is 553 g/mol. The van der Waals surface area contributed by atoms with Crippen LogP contribution in [0, 0.1) is 17.8 Å². The number of anilines is 2. The van der Waals surface area contributed by atoms with E-state index in [1.54, 1.807) is 0 Å². The van der Waals surface area contributed by atoms with Crippen LogP contribution in [-0.4, -0.2) is 10.2 Å². The molecule has 5 atom stereocenters. The summed E-state index contributed by atoms with van der Waals surface area (Å²) in [6.07, 6.45) is 11.7. The van der Waals surface area contributed by atoms with E-state index in [0.29, 0.717) is 17.3 Å². The van der Waals surface area contributed by atoms with Crippen molar-refractivity contribution >= 4 is 11.4 Å². The van der Waals surface area contributed by atoms with E-state index in [1.165, 1.54) is 17.5 Å². The van der Waals surface area contributed by atoms with Crippen molar-refractivity contribution in [3.8, 4) is 0 Å². The molecule has 4 nitrogen and oxygen atoms in total. The van der Waals surface area contributed by atoms with Crippen molar-refractivity contribution < 1.29 is 10.2 Å². The highest BCUT2D eigenvalue weighted by atomic mass is 16.3. The maximum atomic E-state index is 11.5. The largest absolute Gasteiger partial charge is 0.398 e. The molecular weight excluding hydrogens is 492 g/mol. The van der Waals surface area contributed by atoms with Crippen molar-refractivity contribution in [3.05, 3.63) is 58.7 Å². The SMILES string of the molecule is CCCCC(CC)C(O)c1cc(C(c2ccc(N)c(C(O)C(CC)CCCC)c2)C(CC)CCCC)ccc1N. The van der Waals surface area contributed by atoms with Crippen LogP contribution in [0.5, 0.6) is 0 Å². The molecule has 2 aromatic carbocycles. The van der Waals surface area contributed by atoms with Gasteiger partial charge in [0.1, 0.15) is 0 Å². The molecule has 0 amide bonds. The van der Waals surface area contributed by atoms with Crippen LogP contribution in [0.4, 0.5) is 11.4 Å². The van der Waals surface area contributed by atoms with Gasteiger partial charge in [0, 0.05) is 28.4 Å². The molecule has 0 aliphatic heterocycles. The van der Waals surface area contributed by atoms with Crippen LogP contribution >= 0.6 is 0 Å². The molecule has 0 aliphatic carbocycles. The Hall–Kier alpha value is -2.04. The minimum Gasteiger partial charge on any atom is -0.398 e. The summed E-state index contributed by atoms with van der Waals surface area (Å²) < 4.78 is 0. The third kappa shape index (κ3) is 8.98. The lowest BCUT2D eigenvalue weighted by Gasteiger charge is -2.31. The Balaban J connectivity index is 2.62. The van der Waals surface area contributed by atoms with Gasteiger partial charge < -0.3 is 21.7 Å². The van der Waals surface area contributed by atoms with Crippen LogP contribution in [0.25, 0.3) is 0 Å². The second-order valence-electron chi connectivity index (χ2n) is 12.1. The van der Waals surface area contributed by atoms with E-state index in [1.807, 2.05) is 12.1 Å². The second kappa shape index (κ2) is 17.7. The van der Waals surface area contributed by atoms with Gasteiger partial charge in [-0.2, -0.15) is 0 Å². The Morgan fingerprint density at radius 1 is 0.550 bits per heavy atom. The van der Waals surface area contributed by atoms with Crippen LogP contribution in [-0.2, 0) is 0 Å². The highest BCUT2D eigenvalue weighted by Gasteiger charge is 2.29. The van der Waals surface area contributed by atoms with Crippen LogP contribution in [0.15, 0.2) is 36.4 Å². The molecule has 4 heteroatoms. The minimum absolute atomic E-state index is 0.140. The van der Waals surface area contributed by atoms with Crippen molar-refractivity contribution in [2.24, 2.45) is 17.8 Å². The molecule has 226 valence electrons. The van der Waals surface area contributed by atoms with Gasteiger partial charge in [-0.15, -0.1) is 0 Å². The highest BCUT2D eigenvalue weighted by molar-refractivity contribution is 5.55. The molecule has 40 heavy (non-hydrogen) atoms. The number of hydrogen-bond acceptors (Lipinski definition) is 4. The van der Waals surface area contributed by atoms with Crippen molar-refractivity contribution in [3.63, 3.8) is 0 Å². The maximum absolute atomic E-state index is 11.5. The molecule has 0 saturated carbocycles. The minimum atomic E-state index is -0.569. The first-order chi connectivity index (χ1) is 19.3. The highest BCUT2D eigenvalue weighted by Crippen LogP contribution is 2.42. The van der Waals surface area contributed by atoms with E-state index in [0.717, 1.165) is 81.8 Å². The van der Waals surface area contributed by atoms with Gasteiger partial charge in [-0.25, -0.2) is 0 Å². The van der Waals surface area contributed by atoms with Gasteiger partial charge in [-0.1, -0.05) is 124 Å². The number of hydrogen-bond donors (Lipinski definition) is 4. The summed E-state index contributed by atoms with van der Waals surface area (Å²) in [7, 11) is 0. The Labute approximate surface area is 246 Å². The summed E-state index contributed by atoms with van der Waals surface area (Å²) in [5.41, 5.74) is 18.4. The molecule has 0 spiro atoms. The Kier molecular flexibility index (Phi) is 15.1. The molecule has 0 aliphatic rings. The fraction of sp³-hybridized carbons (Fsp3) is 0.667. The Morgan fingerprint density at radius 3 is 1.23 bits per heavy atom. The number of unbranched alkanes of at least 4 members (excludes halogenated alkanes) is 3. The first-order valence-corrected chi connectivity index (χ1v) is 16.4. The lowest BCUT2D eigenvalue weighted by atomic mass is 9.75. The van der Waals surface area contributed by atoms with E-state index in [-0.39, 0.29) is 17.8 Å². The van der Waals surface area contributed by atoms with E-state index >= 15 is 0 Å². The quantitative estimate of drug-likeness (QED) is 0.131. The molecule has 0 heterocycles. The standard InChI is InChI=1S/C36H60N2O2/c1-7-13-16-25(10-4)34(28-19-21-32(37)30(23-28)35(39)26(11-5)17-14-8-2)29-20-22-33(38)31(24-29)36(40)27(12-6)18-15-9-3/h19-27,34-36,39-40H,7-18,37-38H2,1-6H3. The molecule has 0 fully saturated rings. The van der Waals surface area contributed by atoms with Crippen molar-refractivity contribution in [1.29, 1.82) is 0 Å². The second-order valence-corrected chi connectivity index (χ2v) is 12.1. The summed E-state index contributed by atoms with van der Waals surface area (Å²) >= 11 is 0. The Bertz CT molecular complexity index is 919. The lowest BCUT2D eigenvalue weighted by Crippen LogP contribution is -2.19. The molecule has 2 aromatic rings. The van der Waals surface area contributed by atoms with Crippen LogP contribution in [0.1, 0.15) is 159 Å². The number of rotatable bonds is 19. The summed E-state index contributed by atoms with van der Waals surface area (Å²) in [5.74, 6) is 0.975. The van der Waals surface area contributed by atoms with Crippen molar-refractivity contribution in [2.45, 2.75) is 137 Å². The van der Waals surface area contributed by atoms with Crippen molar-refractivity contribution in [2.75, 3.05) is 11.5 Å². The van der Waals surface area contributed by atoms with Gasteiger partial charge in [0.15, 0.2) is 0 Å². The monoisotopic (exact) mass is 552 g/mol. The van der Waals surface area contributed by atoms with Crippen LogP contribution < -0.4 is 11.5 Å². The topological polar surface area (TPSA) is 92.5 Å². The summed E-state index contributed by atoms with van der Waals surface area (Å²) in [6, 6.07) is 12.6. The van der Waals surface area contributed by atoms with E-state index in [9.17, 15) is 10.2 Å².